The summed E-state index contributed by atoms with van der Waals surface area (Å²) in [4.78, 5) is 18.3. The molecule has 0 atom stereocenters. The molecule has 0 spiro atoms. The van der Waals surface area contributed by atoms with Gasteiger partial charge in [0.15, 0.2) is 5.78 Å². The predicted octanol–water partition coefficient (Wildman–Crippen LogP) is 7.70. The number of ketones is 1. The summed E-state index contributed by atoms with van der Waals surface area (Å²) in [5.74, 6) is 0.0616. The van der Waals surface area contributed by atoms with E-state index in [0.29, 0.717) is 17.0 Å². The fourth-order valence-corrected chi connectivity index (χ4v) is 5.08. The van der Waals surface area contributed by atoms with Crippen molar-refractivity contribution >= 4 is 28.7 Å². The topological polar surface area (TPSA) is 30.0 Å². The van der Waals surface area contributed by atoms with E-state index in [1.165, 1.54) is 0 Å². The van der Waals surface area contributed by atoms with E-state index >= 15 is 0 Å². The Bertz CT molecular complexity index is 1370. The van der Waals surface area contributed by atoms with E-state index in [-0.39, 0.29) is 5.78 Å². The van der Waals surface area contributed by atoms with Gasteiger partial charge in [0.2, 0.25) is 0 Å². The van der Waals surface area contributed by atoms with Crippen molar-refractivity contribution in [1.82, 2.24) is 4.98 Å². The smallest absolute Gasteiger partial charge is 0.193 e. The first-order valence-corrected chi connectivity index (χ1v) is 11.7. The van der Waals surface area contributed by atoms with Gasteiger partial charge in [0.25, 0.3) is 0 Å². The summed E-state index contributed by atoms with van der Waals surface area (Å²) in [7, 11) is 0. The van der Waals surface area contributed by atoms with E-state index < -0.39 is 0 Å². The van der Waals surface area contributed by atoms with E-state index in [1.807, 2.05) is 78.9 Å². The van der Waals surface area contributed by atoms with Gasteiger partial charge in [0.1, 0.15) is 0 Å². The van der Waals surface area contributed by atoms with Crippen molar-refractivity contribution in [2.45, 2.75) is 13.3 Å². The molecule has 2 aliphatic carbocycles. The fourth-order valence-electron chi connectivity index (χ4n) is 4.13. The normalized spacial score (nSPS) is 11.1. The number of hydrogen-bond acceptors (Lipinski definition) is 3. The fraction of sp³-hybridized carbons (Fsp3) is 0.0714. The van der Waals surface area contributed by atoms with Crippen LogP contribution < -0.4 is 0 Å². The Morgan fingerprint density at radius 2 is 1.53 bits per heavy atom. The highest BCUT2D eigenvalue weighted by molar-refractivity contribution is 7.10. The number of benzene rings is 2. The Morgan fingerprint density at radius 1 is 0.875 bits per heavy atom. The van der Waals surface area contributed by atoms with Crippen LogP contribution in [0.5, 0.6) is 0 Å². The van der Waals surface area contributed by atoms with Gasteiger partial charge in [-0.25, -0.2) is 4.98 Å². The first-order valence-electron chi connectivity index (χ1n) is 10.4. The highest BCUT2D eigenvalue weighted by Gasteiger charge is 2.25. The number of aromatic nitrogens is 1. The second-order valence-corrected chi connectivity index (χ2v) is 9.10. The van der Waals surface area contributed by atoms with E-state index in [0.717, 1.165) is 44.1 Å². The second kappa shape index (κ2) is 8.70. The first-order chi connectivity index (χ1) is 15.6. The van der Waals surface area contributed by atoms with Crippen LogP contribution in [0.4, 0.5) is 0 Å². The summed E-state index contributed by atoms with van der Waals surface area (Å²) in [6.45, 7) is 2.05. The third-order valence-electron chi connectivity index (χ3n) is 5.74. The van der Waals surface area contributed by atoms with Gasteiger partial charge >= 0.3 is 0 Å². The summed E-state index contributed by atoms with van der Waals surface area (Å²) in [5, 5.41) is 3.82. The zero-order valence-electron chi connectivity index (χ0n) is 17.5. The molecular formula is C28H20ClNOS. The zero-order valence-corrected chi connectivity index (χ0v) is 19.1. The molecule has 0 unspecified atom stereocenters. The maximum Gasteiger partial charge on any atom is 0.193 e. The average molecular weight is 454 g/mol. The highest BCUT2D eigenvalue weighted by atomic mass is 35.5. The van der Waals surface area contributed by atoms with Crippen molar-refractivity contribution in [1.29, 1.82) is 0 Å². The van der Waals surface area contributed by atoms with Crippen LogP contribution >= 0.6 is 22.9 Å². The second-order valence-electron chi connectivity index (χ2n) is 7.72. The van der Waals surface area contributed by atoms with E-state index in [1.54, 1.807) is 11.3 Å². The summed E-state index contributed by atoms with van der Waals surface area (Å²) >= 11 is 7.67. The number of hydrogen-bond donors (Lipinski definition) is 0. The molecule has 4 heteroatoms. The maximum absolute atomic E-state index is 13.4. The van der Waals surface area contributed by atoms with Gasteiger partial charge in [-0.2, -0.15) is 0 Å². The van der Waals surface area contributed by atoms with Crippen molar-refractivity contribution < 1.29 is 4.79 Å². The molecule has 3 aromatic rings. The van der Waals surface area contributed by atoms with Crippen molar-refractivity contribution in [3.8, 4) is 22.4 Å². The summed E-state index contributed by atoms with van der Waals surface area (Å²) in [6.07, 6.45) is 0.687. The molecule has 0 bridgehead atoms. The minimum absolute atomic E-state index is 0.0616. The van der Waals surface area contributed by atoms with Crippen LogP contribution in [0.15, 0.2) is 90.3 Å². The molecule has 2 nitrogen and oxygen atoms in total. The lowest BCUT2D eigenvalue weighted by atomic mass is 9.99. The Labute approximate surface area is 196 Å². The molecule has 156 valence electrons. The highest BCUT2D eigenvalue weighted by Crippen LogP contribution is 2.39. The zero-order chi connectivity index (χ0) is 22.1. The maximum atomic E-state index is 13.4. The molecule has 5 rings (SSSR count). The van der Waals surface area contributed by atoms with Gasteiger partial charge in [-0.1, -0.05) is 84.4 Å². The summed E-state index contributed by atoms with van der Waals surface area (Å²) < 4.78 is 0. The third kappa shape index (κ3) is 3.86. The number of nitrogens with zero attached hydrogens (tertiary/aromatic N) is 1. The van der Waals surface area contributed by atoms with Crippen LogP contribution in [0.25, 0.3) is 22.4 Å². The minimum Gasteiger partial charge on any atom is -0.289 e. The molecule has 0 fully saturated rings. The van der Waals surface area contributed by atoms with Gasteiger partial charge in [0, 0.05) is 33.5 Å². The molecule has 2 aliphatic rings. The molecule has 0 aliphatic heterocycles. The largest absolute Gasteiger partial charge is 0.289 e. The quantitative estimate of drug-likeness (QED) is 0.255. The monoisotopic (exact) mass is 453 g/mol. The Morgan fingerprint density at radius 3 is 2.25 bits per heavy atom. The van der Waals surface area contributed by atoms with Crippen LogP contribution in [0.3, 0.4) is 0 Å². The van der Waals surface area contributed by atoms with Gasteiger partial charge in [-0.05, 0) is 41.3 Å². The van der Waals surface area contributed by atoms with Crippen LogP contribution in [-0.2, 0) is 6.42 Å². The summed E-state index contributed by atoms with van der Waals surface area (Å²) in [6, 6.07) is 27.4. The number of carbonyl (C=O) groups is 1. The Balaban J connectivity index is 1.56. The lowest BCUT2D eigenvalue weighted by molar-refractivity contribution is 0.103. The molecule has 0 amide bonds. The average Bonchev–Trinajstić information content (AvgIpc) is 3.28. The van der Waals surface area contributed by atoms with Gasteiger partial charge in [-0.3, -0.25) is 4.79 Å². The first kappa shape index (κ1) is 20.6. The van der Waals surface area contributed by atoms with Crippen molar-refractivity contribution in [2.24, 2.45) is 0 Å². The standard InChI is InChI=1S/C28H20ClNOS/c1-18-24(16-26-30-25(17-32-26)19-12-14-21(29)15-13-19)22-10-6-3-7-11-23(22)27(18)28(31)20-8-4-2-5-9-20/h2-15,17H,16H2,1H3. The molecule has 32 heavy (non-hydrogen) atoms. The van der Waals surface area contributed by atoms with Gasteiger partial charge < -0.3 is 0 Å². The molecule has 0 saturated heterocycles. The number of carbonyl (C=O) groups excluding carboxylic acids is 1. The predicted molar refractivity (Wildman–Crippen MR) is 133 cm³/mol. The molecule has 1 heterocycles. The molecule has 0 radical (unpaired) electrons. The van der Waals surface area contributed by atoms with Gasteiger partial charge in [-0.15, -0.1) is 11.3 Å². The molecular weight excluding hydrogens is 434 g/mol. The van der Waals surface area contributed by atoms with Crippen molar-refractivity contribution in [3.63, 3.8) is 0 Å². The lowest BCUT2D eigenvalue weighted by Crippen LogP contribution is -2.02. The van der Waals surface area contributed by atoms with Crippen LogP contribution in [0.2, 0.25) is 5.02 Å². The van der Waals surface area contributed by atoms with Crippen LogP contribution in [0, 0.1) is 6.92 Å². The van der Waals surface area contributed by atoms with Crippen LogP contribution in [-0.4, -0.2) is 10.8 Å². The van der Waals surface area contributed by atoms with Crippen molar-refractivity contribution in [2.75, 3.05) is 0 Å². The van der Waals surface area contributed by atoms with E-state index in [9.17, 15) is 4.79 Å². The Kier molecular flexibility index (Phi) is 5.60. The molecule has 2 aromatic carbocycles. The summed E-state index contributed by atoms with van der Waals surface area (Å²) in [5.41, 5.74) is 7.78. The SMILES string of the molecule is Cc1c(Cc2nc(-c3ccc(Cl)cc3)cs2)c2cccccc-2c1C(=O)c1ccccc1. The number of halogens is 1. The number of rotatable bonds is 5. The molecule has 0 saturated carbocycles. The van der Waals surface area contributed by atoms with Gasteiger partial charge in [0.05, 0.1) is 10.7 Å². The van der Waals surface area contributed by atoms with Crippen LogP contribution in [0.1, 0.15) is 32.1 Å². The van der Waals surface area contributed by atoms with Crippen molar-refractivity contribution in [3.05, 3.63) is 123 Å². The van der Waals surface area contributed by atoms with E-state index in [2.05, 4.69) is 18.4 Å². The number of thiazole rings is 1. The molecule has 0 N–H and O–H groups in total. The third-order valence-corrected chi connectivity index (χ3v) is 6.84. The lowest BCUT2D eigenvalue weighted by Gasteiger charge is -2.03. The Hall–Kier alpha value is -3.27. The molecule has 1 aromatic heterocycles. The number of fused-ring (bicyclic) bond motifs is 1. The van der Waals surface area contributed by atoms with E-state index in [4.69, 9.17) is 16.6 Å². The minimum atomic E-state index is 0.0616.